The van der Waals surface area contributed by atoms with Crippen LogP contribution in [-0.4, -0.2) is 24.8 Å². The van der Waals surface area contributed by atoms with Gasteiger partial charge in [0.05, 0.1) is 6.04 Å². The number of ether oxygens (including phenoxy) is 1. The van der Waals surface area contributed by atoms with Crippen LogP contribution in [0.3, 0.4) is 0 Å². The normalized spacial score (nSPS) is 19.6. The molecule has 1 aliphatic heterocycles. The van der Waals surface area contributed by atoms with E-state index in [2.05, 4.69) is 29.3 Å². The summed E-state index contributed by atoms with van der Waals surface area (Å²) in [6.45, 7) is 0.752. The Morgan fingerprint density at radius 2 is 2.21 bits per heavy atom. The maximum absolute atomic E-state index is 5.05. The molecule has 3 heteroatoms. The number of aliphatic imine (C=N–C) groups is 1. The first kappa shape index (κ1) is 9.59. The SMILES string of the molecule is C1=NC(CSCc2ccccc2)CO1. The van der Waals surface area contributed by atoms with E-state index in [1.165, 1.54) is 5.56 Å². The van der Waals surface area contributed by atoms with Crippen molar-refractivity contribution in [3.8, 4) is 0 Å². The maximum atomic E-state index is 5.05. The molecule has 0 saturated carbocycles. The van der Waals surface area contributed by atoms with E-state index in [-0.39, 0.29) is 0 Å². The summed E-state index contributed by atoms with van der Waals surface area (Å²) in [4.78, 5) is 4.20. The van der Waals surface area contributed by atoms with E-state index >= 15 is 0 Å². The average Bonchev–Trinajstić information content (AvgIpc) is 2.72. The van der Waals surface area contributed by atoms with Crippen LogP contribution in [0.15, 0.2) is 35.3 Å². The van der Waals surface area contributed by atoms with Crippen LogP contribution in [-0.2, 0) is 10.5 Å². The molecular weight excluding hydrogens is 194 g/mol. The van der Waals surface area contributed by atoms with Crippen molar-refractivity contribution in [1.29, 1.82) is 0 Å². The second-order valence-corrected chi connectivity index (χ2v) is 4.27. The van der Waals surface area contributed by atoms with E-state index in [1.54, 1.807) is 6.40 Å². The van der Waals surface area contributed by atoms with E-state index in [4.69, 9.17) is 4.74 Å². The number of thioether (sulfide) groups is 1. The molecule has 0 spiro atoms. The number of nitrogens with zero attached hydrogens (tertiary/aromatic N) is 1. The molecule has 0 radical (unpaired) electrons. The van der Waals surface area contributed by atoms with Gasteiger partial charge >= 0.3 is 0 Å². The molecule has 1 aromatic rings. The van der Waals surface area contributed by atoms with Gasteiger partial charge in [-0.25, -0.2) is 0 Å². The van der Waals surface area contributed by atoms with E-state index in [0.29, 0.717) is 6.04 Å². The third-order valence-electron chi connectivity index (χ3n) is 2.06. The van der Waals surface area contributed by atoms with Crippen LogP contribution in [0.5, 0.6) is 0 Å². The Bertz CT molecular complexity index is 299. The molecule has 2 rings (SSSR count). The van der Waals surface area contributed by atoms with Gasteiger partial charge in [0.15, 0.2) is 6.40 Å². The van der Waals surface area contributed by atoms with Crippen LogP contribution in [0.1, 0.15) is 5.56 Å². The van der Waals surface area contributed by atoms with Crippen LogP contribution in [0.25, 0.3) is 0 Å². The minimum absolute atomic E-state index is 0.365. The number of hydrogen-bond donors (Lipinski definition) is 0. The lowest BCUT2D eigenvalue weighted by molar-refractivity contribution is 0.336. The Hall–Kier alpha value is -0.960. The van der Waals surface area contributed by atoms with E-state index < -0.39 is 0 Å². The number of rotatable bonds is 4. The minimum atomic E-state index is 0.365. The monoisotopic (exact) mass is 207 g/mol. The molecule has 1 atom stereocenters. The third-order valence-corrected chi connectivity index (χ3v) is 3.21. The van der Waals surface area contributed by atoms with Gasteiger partial charge in [-0.05, 0) is 5.56 Å². The van der Waals surface area contributed by atoms with Gasteiger partial charge in [-0.2, -0.15) is 11.8 Å². The van der Waals surface area contributed by atoms with E-state index in [0.717, 1.165) is 18.1 Å². The zero-order chi connectivity index (χ0) is 9.64. The molecule has 0 aliphatic carbocycles. The summed E-state index contributed by atoms with van der Waals surface area (Å²) in [5, 5.41) is 0. The largest absolute Gasteiger partial charge is 0.481 e. The Balaban J connectivity index is 1.70. The van der Waals surface area contributed by atoms with Gasteiger partial charge in [-0.1, -0.05) is 30.3 Å². The molecule has 0 amide bonds. The quantitative estimate of drug-likeness (QED) is 0.756. The van der Waals surface area contributed by atoms with Gasteiger partial charge < -0.3 is 4.74 Å². The zero-order valence-electron chi connectivity index (χ0n) is 7.93. The Morgan fingerprint density at radius 1 is 1.36 bits per heavy atom. The van der Waals surface area contributed by atoms with E-state index in [9.17, 15) is 0 Å². The van der Waals surface area contributed by atoms with Crippen molar-refractivity contribution in [2.24, 2.45) is 4.99 Å². The molecule has 0 fully saturated rings. The van der Waals surface area contributed by atoms with Gasteiger partial charge in [-0.3, -0.25) is 4.99 Å². The molecule has 2 nitrogen and oxygen atoms in total. The molecular formula is C11H13NOS. The fraction of sp³-hybridized carbons (Fsp3) is 0.364. The maximum Gasteiger partial charge on any atom is 0.169 e. The Labute approximate surface area is 88.4 Å². The van der Waals surface area contributed by atoms with Crippen LogP contribution in [0.4, 0.5) is 0 Å². The molecule has 0 saturated heterocycles. The molecule has 1 unspecified atom stereocenters. The highest BCUT2D eigenvalue weighted by Gasteiger charge is 2.10. The van der Waals surface area contributed by atoms with Crippen molar-refractivity contribution >= 4 is 18.2 Å². The summed E-state index contributed by atoms with van der Waals surface area (Å²) in [5.41, 5.74) is 1.38. The predicted molar refractivity (Wildman–Crippen MR) is 60.8 cm³/mol. The summed E-state index contributed by atoms with van der Waals surface area (Å²) in [6, 6.07) is 10.9. The van der Waals surface area contributed by atoms with Crippen LogP contribution < -0.4 is 0 Å². The number of hydrogen-bond acceptors (Lipinski definition) is 3. The molecule has 1 heterocycles. The zero-order valence-corrected chi connectivity index (χ0v) is 8.74. The minimum Gasteiger partial charge on any atom is -0.481 e. The molecule has 74 valence electrons. The van der Waals surface area contributed by atoms with Crippen LogP contribution in [0, 0.1) is 0 Å². The highest BCUT2D eigenvalue weighted by Crippen LogP contribution is 2.15. The summed E-state index contributed by atoms with van der Waals surface area (Å²) >= 11 is 1.91. The van der Waals surface area contributed by atoms with Crippen molar-refractivity contribution in [3.63, 3.8) is 0 Å². The highest BCUT2D eigenvalue weighted by atomic mass is 32.2. The smallest absolute Gasteiger partial charge is 0.169 e. The fourth-order valence-electron chi connectivity index (χ4n) is 1.30. The summed E-state index contributed by atoms with van der Waals surface area (Å²) in [5.74, 6) is 2.11. The first-order valence-corrected chi connectivity index (χ1v) is 5.85. The molecule has 0 bridgehead atoms. The predicted octanol–water partition coefficient (Wildman–Crippen LogP) is 2.35. The molecule has 0 aromatic heterocycles. The van der Waals surface area contributed by atoms with Gasteiger partial charge in [0.1, 0.15) is 6.61 Å². The molecule has 14 heavy (non-hydrogen) atoms. The van der Waals surface area contributed by atoms with Gasteiger partial charge in [-0.15, -0.1) is 0 Å². The average molecular weight is 207 g/mol. The van der Waals surface area contributed by atoms with Crippen molar-refractivity contribution in [2.45, 2.75) is 11.8 Å². The Morgan fingerprint density at radius 3 is 2.93 bits per heavy atom. The molecule has 1 aliphatic rings. The molecule has 1 aromatic carbocycles. The van der Waals surface area contributed by atoms with Gasteiger partial charge in [0, 0.05) is 11.5 Å². The van der Waals surface area contributed by atoms with Crippen molar-refractivity contribution in [2.75, 3.05) is 12.4 Å². The van der Waals surface area contributed by atoms with Gasteiger partial charge in [0.25, 0.3) is 0 Å². The standard InChI is InChI=1S/C11H13NOS/c1-2-4-10(5-3-1)7-14-8-11-6-13-9-12-11/h1-5,9,11H,6-8H2. The third kappa shape index (κ3) is 2.77. The fourth-order valence-corrected chi connectivity index (χ4v) is 2.30. The summed E-state index contributed by atoms with van der Waals surface area (Å²) in [6.07, 6.45) is 1.56. The molecule has 0 N–H and O–H groups in total. The van der Waals surface area contributed by atoms with Crippen LogP contribution >= 0.6 is 11.8 Å². The number of benzene rings is 1. The van der Waals surface area contributed by atoms with Crippen molar-refractivity contribution < 1.29 is 4.74 Å². The Kier molecular flexibility index (Phi) is 3.46. The first-order valence-electron chi connectivity index (χ1n) is 4.70. The van der Waals surface area contributed by atoms with Crippen molar-refractivity contribution in [3.05, 3.63) is 35.9 Å². The second-order valence-electron chi connectivity index (χ2n) is 3.24. The first-order chi connectivity index (χ1) is 6.95. The van der Waals surface area contributed by atoms with Crippen LogP contribution in [0.2, 0.25) is 0 Å². The second kappa shape index (κ2) is 5.05. The van der Waals surface area contributed by atoms with E-state index in [1.807, 2.05) is 17.8 Å². The lowest BCUT2D eigenvalue weighted by Gasteiger charge is -2.04. The lowest BCUT2D eigenvalue weighted by atomic mass is 10.2. The summed E-state index contributed by atoms with van der Waals surface area (Å²) in [7, 11) is 0. The summed E-state index contributed by atoms with van der Waals surface area (Å²) < 4.78 is 5.05. The lowest BCUT2D eigenvalue weighted by Crippen LogP contribution is -2.09. The topological polar surface area (TPSA) is 21.6 Å². The van der Waals surface area contributed by atoms with Crippen molar-refractivity contribution in [1.82, 2.24) is 0 Å². The highest BCUT2D eigenvalue weighted by molar-refractivity contribution is 7.98. The van der Waals surface area contributed by atoms with Gasteiger partial charge in [0.2, 0.25) is 0 Å².